The normalized spacial score (nSPS) is 17.8. The van der Waals surface area contributed by atoms with E-state index in [0.29, 0.717) is 18.2 Å². The molecule has 6 heteroatoms. The Bertz CT molecular complexity index is 911. The van der Waals surface area contributed by atoms with E-state index in [4.69, 9.17) is 4.74 Å². The van der Waals surface area contributed by atoms with E-state index in [1.54, 1.807) is 7.11 Å². The maximum atomic E-state index is 13.0. The first-order chi connectivity index (χ1) is 12.2. The fourth-order valence-corrected chi connectivity index (χ4v) is 3.67. The van der Waals surface area contributed by atoms with Gasteiger partial charge >= 0.3 is 0 Å². The van der Waals surface area contributed by atoms with Gasteiger partial charge in [0.25, 0.3) is 5.91 Å². The number of rotatable bonds is 3. The quantitative estimate of drug-likeness (QED) is 0.799. The van der Waals surface area contributed by atoms with Crippen molar-refractivity contribution in [3.8, 4) is 5.75 Å². The standard InChI is InChI=1S/C19H22N4O2/c1-22-9-7-20-18(22)13-4-3-8-23(12-13)19(24)17-11-14-10-15(25-2)5-6-16(14)21-17/h5-7,9-11,13,21H,3-4,8,12H2,1-2H3/t13-/m0/s1. The molecule has 0 unspecified atom stereocenters. The zero-order chi connectivity index (χ0) is 17.4. The molecule has 1 fully saturated rings. The fourth-order valence-electron chi connectivity index (χ4n) is 3.67. The minimum Gasteiger partial charge on any atom is -0.497 e. The highest BCUT2D eigenvalue weighted by atomic mass is 16.5. The summed E-state index contributed by atoms with van der Waals surface area (Å²) in [6.07, 6.45) is 5.85. The number of hydrogen-bond donors (Lipinski definition) is 1. The Labute approximate surface area is 146 Å². The molecular formula is C19H22N4O2. The van der Waals surface area contributed by atoms with Crippen LogP contribution < -0.4 is 4.74 Å². The second-order valence-electron chi connectivity index (χ2n) is 6.62. The number of carbonyl (C=O) groups is 1. The number of ether oxygens (including phenoxy) is 1. The summed E-state index contributed by atoms with van der Waals surface area (Å²) in [5, 5.41) is 0.986. The molecule has 0 aliphatic carbocycles. The van der Waals surface area contributed by atoms with Gasteiger partial charge in [-0.25, -0.2) is 4.98 Å². The number of carbonyl (C=O) groups excluding carboxylic acids is 1. The number of nitrogens with zero attached hydrogens (tertiary/aromatic N) is 3. The van der Waals surface area contributed by atoms with Crippen molar-refractivity contribution in [2.75, 3.05) is 20.2 Å². The minimum atomic E-state index is 0.0501. The van der Waals surface area contributed by atoms with Crippen LogP contribution >= 0.6 is 0 Å². The van der Waals surface area contributed by atoms with E-state index >= 15 is 0 Å². The number of nitrogens with one attached hydrogen (secondary N) is 1. The van der Waals surface area contributed by atoms with Crippen LogP contribution in [0.25, 0.3) is 10.9 Å². The lowest BCUT2D eigenvalue weighted by Gasteiger charge is -2.32. The first kappa shape index (κ1) is 15.7. The minimum absolute atomic E-state index is 0.0501. The summed E-state index contributed by atoms with van der Waals surface area (Å²) in [5.41, 5.74) is 1.57. The van der Waals surface area contributed by atoms with Gasteiger partial charge in [0.1, 0.15) is 17.3 Å². The van der Waals surface area contributed by atoms with Gasteiger partial charge in [-0.05, 0) is 37.1 Å². The van der Waals surface area contributed by atoms with Crippen molar-refractivity contribution in [3.63, 3.8) is 0 Å². The molecule has 1 saturated heterocycles. The number of likely N-dealkylation sites (tertiary alicyclic amines) is 1. The lowest BCUT2D eigenvalue weighted by Crippen LogP contribution is -2.39. The molecule has 1 aliphatic rings. The number of fused-ring (bicyclic) bond motifs is 1. The molecular weight excluding hydrogens is 316 g/mol. The lowest BCUT2D eigenvalue weighted by molar-refractivity contribution is 0.0698. The molecule has 6 nitrogen and oxygen atoms in total. The highest BCUT2D eigenvalue weighted by Gasteiger charge is 2.28. The van der Waals surface area contributed by atoms with E-state index < -0.39 is 0 Å². The average molecular weight is 338 g/mol. The Balaban J connectivity index is 1.56. The van der Waals surface area contributed by atoms with Crippen LogP contribution in [-0.4, -0.2) is 45.5 Å². The van der Waals surface area contributed by atoms with Gasteiger partial charge in [-0.1, -0.05) is 0 Å². The molecule has 1 atom stereocenters. The summed E-state index contributed by atoms with van der Waals surface area (Å²) >= 11 is 0. The predicted molar refractivity (Wildman–Crippen MR) is 95.9 cm³/mol. The number of aryl methyl sites for hydroxylation is 1. The highest BCUT2D eigenvalue weighted by Crippen LogP contribution is 2.27. The van der Waals surface area contributed by atoms with Crippen molar-refractivity contribution < 1.29 is 9.53 Å². The van der Waals surface area contributed by atoms with Gasteiger partial charge < -0.3 is 19.2 Å². The molecule has 1 N–H and O–H groups in total. The van der Waals surface area contributed by atoms with Crippen LogP contribution in [-0.2, 0) is 7.05 Å². The Kier molecular flexibility index (Phi) is 3.95. The van der Waals surface area contributed by atoms with Gasteiger partial charge in [0.05, 0.1) is 7.11 Å². The van der Waals surface area contributed by atoms with Crippen LogP contribution in [0.2, 0.25) is 0 Å². The van der Waals surface area contributed by atoms with Crippen LogP contribution in [0, 0.1) is 0 Å². The SMILES string of the molecule is COc1ccc2[nH]c(C(=O)N3CCC[C@H](c4nccn4C)C3)cc2c1. The number of benzene rings is 1. The third-order valence-electron chi connectivity index (χ3n) is 4.99. The van der Waals surface area contributed by atoms with Crippen molar-refractivity contribution in [2.45, 2.75) is 18.8 Å². The van der Waals surface area contributed by atoms with Gasteiger partial charge in [0.2, 0.25) is 0 Å². The van der Waals surface area contributed by atoms with Gasteiger partial charge in [-0.2, -0.15) is 0 Å². The molecule has 1 aliphatic heterocycles. The molecule has 0 spiro atoms. The molecule has 3 heterocycles. The number of hydrogen-bond acceptors (Lipinski definition) is 3. The summed E-state index contributed by atoms with van der Waals surface area (Å²) in [4.78, 5) is 22.6. The first-order valence-corrected chi connectivity index (χ1v) is 8.59. The smallest absolute Gasteiger partial charge is 0.270 e. The first-order valence-electron chi connectivity index (χ1n) is 8.59. The fraction of sp³-hybridized carbons (Fsp3) is 0.368. The van der Waals surface area contributed by atoms with Gasteiger partial charge in [-0.3, -0.25) is 4.79 Å². The van der Waals surface area contributed by atoms with Crippen LogP contribution in [0.3, 0.4) is 0 Å². The summed E-state index contributed by atoms with van der Waals surface area (Å²) in [6.45, 7) is 1.50. The van der Waals surface area contributed by atoms with Crippen LogP contribution in [0.5, 0.6) is 5.75 Å². The number of amides is 1. The van der Waals surface area contributed by atoms with Gasteiger partial charge in [0.15, 0.2) is 0 Å². The zero-order valence-corrected chi connectivity index (χ0v) is 14.5. The third kappa shape index (κ3) is 2.88. The van der Waals surface area contributed by atoms with Crippen molar-refractivity contribution in [2.24, 2.45) is 7.05 Å². The van der Waals surface area contributed by atoms with Crippen LogP contribution in [0.15, 0.2) is 36.7 Å². The molecule has 0 saturated carbocycles. The summed E-state index contributed by atoms with van der Waals surface area (Å²) in [5.74, 6) is 2.19. The predicted octanol–water partition coefficient (Wildman–Crippen LogP) is 2.93. The van der Waals surface area contributed by atoms with E-state index in [1.165, 1.54) is 0 Å². The molecule has 4 rings (SSSR count). The Morgan fingerprint density at radius 1 is 1.36 bits per heavy atom. The van der Waals surface area contributed by atoms with Gasteiger partial charge in [-0.15, -0.1) is 0 Å². The second-order valence-corrected chi connectivity index (χ2v) is 6.62. The molecule has 3 aromatic rings. The van der Waals surface area contributed by atoms with E-state index in [-0.39, 0.29) is 5.91 Å². The van der Waals surface area contributed by atoms with Crippen molar-refractivity contribution in [1.29, 1.82) is 0 Å². The molecule has 2 aromatic heterocycles. The van der Waals surface area contributed by atoms with Crippen LogP contribution in [0.1, 0.15) is 35.1 Å². The molecule has 0 bridgehead atoms. The zero-order valence-electron chi connectivity index (χ0n) is 14.5. The summed E-state index contributed by atoms with van der Waals surface area (Å²) in [7, 11) is 3.65. The van der Waals surface area contributed by atoms with E-state index in [0.717, 1.165) is 41.9 Å². The van der Waals surface area contributed by atoms with Crippen molar-refractivity contribution in [3.05, 3.63) is 48.2 Å². The Morgan fingerprint density at radius 3 is 3.00 bits per heavy atom. The van der Waals surface area contributed by atoms with Gasteiger partial charge in [0, 0.05) is 49.4 Å². The summed E-state index contributed by atoms with van der Waals surface area (Å²) < 4.78 is 7.31. The number of methoxy groups -OCH3 is 1. The highest BCUT2D eigenvalue weighted by molar-refractivity contribution is 5.98. The number of aromatic amines is 1. The molecule has 130 valence electrons. The van der Waals surface area contributed by atoms with Crippen molar-refractivity contribution in [1.82, 2.24) is 19.4 Å². The van der Waals surface area contributed by atoms with Crippen LogP contribution in [0.4, 0.5) is 0 Å². The monoisotopic (exact) mass is 338 g/mol. The lowest BCUT2D eigenvalue weighted by atomic mass is 9.97. The number of imidazole rings is 1. The maximum Gasteiger partial charge on any atom is 0.270 e. The molecule has 0 radical (unpaired) electrons. The Hall–Kier alpha value is -2.76. The molecule has 1 aromatic carbocycles. The van der Waals surface area contributed by atoms with Crippen molar-refractivity contribution >= 4 is 16.8 Å². The third-order valence-corrected chi connectivity index (χ3v) is 4.99. The number of aromatic nitrogens is 3. The number of H-pyrrole nitrogens is 1. The molecule has 1 amide bonds. The van der Waals surface area contributed by atoms with E-state index in [9.17, 15) is 4.79 Å². The van der Waals surface area contributed by atoms with E-state index in [1.807, 2.05) is 53.2 Å². The maximum absolute atomic E-state index is 13.0. The average Bonchev–Trinajstić information content (AvgIpc) is 3.26. The molecule has 25 heavy (non-hydrogen) atoms. The summed E-state index contributed by atoms with van der Waals surface area (Å²) in [6, 6.07) is 7.68. The second kappa shape index (κ2) is 6.27. The Morgan fingerprint density at radius 2 is 2.24 bits per heavy atom. The number of piperidine rings is 1. The topological polar surface area (TPSA) is 63.2 Å². The van der Waals surface area contributed by atoms with E-state index in [2.05, 4.69) is 9.97 Å². The largest absolute Gasteiger partial charge is 0.497 e.